The highest BCUT2D eigenvalue weighted by molar-refractivity contribution is 5.87. The van der Waals surface area contributed by atoms with Crippen LogP contribution in [-0.4, -0.2) is 19.1 Å². The molecule has 0 atom stereocenters. The van der Waals surface area contributed by atoms with E-state index in [0.717, 1.165) is 21.0 Å². The first-order valence-electron chi connectivity index (χ1n) is 9.73. The number of hydrogen-bond acceptors (Lipinski definition) is 4. The second kappa shape index (κ2) is 7.46. The van der Waals surface area contributed by atoms with Gasteiger partial charge in [0.25, 0.3) is 0 Å². The third kappa shape index (κ3) is 3.32. The Kier molecular flexibility index (Phi) is 4.48. The molecule has 0 radical (unpaired) electrons. The molecule has 2 aromatic heterocycles. The second-order valence-corrected chi connectivity index (χ2v) is 7.10. The number of benzene rings is 3. The largest absolute Gasteiger partial charge is 0.457 e. The van der Waals surface area contributed by atoms with E-state index in [4.69, 9.17) is 4.74 Å². The summed E-state index contributed by atoms with van der Waals surface area (Å²) in [6, 6.07) is 22.0. The van der Waals surface area contributed by atoms with Gasteiger partial charge in [0.05, 0.1) is 11.4 Å². The molecule has 0 aliphatic heterocycles. The molecule has 2 heterocycles. The minimum Gasteiger partial charge on any atom is -0.457 e. The van der Waals surface area contributed by atoms with Crippen LogP contribution >= 0.6 is 0 Å². The Morgan fingerprint density at radius 1 is 0.935 bits per heavy atom. The fraction of sp³-hybridized carbons (Fsp3) is 0.0417. The van der Waals surface area contributed by atoms with Gasteiger partial charge in [-0.15, -0.1) is 0 Å². The molecule has 0 bridgehead atoms. The number of H-pyrrole nitrogens is 1. The summed E-state index contributed by atoms with van der Waals surface area (Å²) in [6.45, 7) is 1.86. The number of aryl methyl sites for hydroxylation is 1. The molecular formula is C24H18N4O3. The number of aromatic amines is 1. The Labute approximate surface area is 176 Å². The van der Waals surface area contributed by atoms with Gasteiger partial charge in [-0.3, -0.25) is 4.57 Å². The molecule has 0 aliphatic carbocycles. The third-order valence-corrected chi connectivity index (χ3v) is 5.09. The molecule has 7 nitrogen and oxygen atoms in total. The first kappa shape index (κ1) is 18.6. The first-order chi connectivity index (χ1) is 15.1. The number of aromatic nitrogens is 4. The minimum absolute atomic E-state index is 0.427. The van der Waals surface area contributed by atoms with Crippen LogP contribution in [0.1, 0.15) is 5.56 Å². The van der Waals surface area contributed by atoms with Crippen molar-refractivity contribution in [3.05, 3.63) is 112 Å². The Bertz CT molecular complexity index is 1510. The predicted molar refractivity (Wildman–Crippen MR) is 119 cm³/mol. The van der Waals surface area contributed by atoms with E-state index < -0.39 is 11.4 Å². The van der Waals surface area contributed by atoms with E-state index in [0.29, 0.717) is 22.9 Å². The van der Waals surface area contributed by atoms with Crippen molar-refractivity contribution in [1.29, 1.82) is 0 Å². The molecular weight excluding hydrogens is 392 g/mol. The van der Waals surface area contributed by atoms with E-state index in [2.05, 4.69) is 9.97 Å². The lowest BCUT2D eigenvalue weighted by Crippen LogP contribution is -2.39. The van der Waals surface area contributed by atoms with E-state index >= 15 is 0 Å². The summed E-state index contributed by atoms with van der Waals surface area (Å²) in [5.41, 5.74) is 1.61. The molecule has 5 rings (SSSR count). The maximum atomic E-state index is 13.3. The Balaban J connectivity index is 1.60. The van der Waals surface area contributed by atoms with Gasteiger partial charge in [-0.05, 0) is 61.0 Å². The van der Waals surface area contributed by atoms with E-state index in [-0.39, 0.29) is 0 Å². The monoisotopic (exact) mass is 410 g/mol. The lowest BCUT2D eigenvalue weighted by atomic mass is 10.2. The maximum absolute atomic E-state index is 13.3. The summed E-state index contributed by atoms with van der Waals surface area (Å²) in [4.78, 5) is 32.9. The Hall–Kier alpha value is -4.39. The molecule has 7 heteroatoms. The zero-order valence-electron chi connectivity index (χ0n) is 16.6. The quantitative estimate of drug-likeness (QED) is 0.486. The molecule has 0 saturated heterocycles. The summed E-state index contributed by atoms with van der Waals surface area (Å²) in [5, 5.41) is 0.861. The highest BCUT2D eigenvalue weighted by atomic mass is 16.5. The lowest BCUT2D eigenvalue weighted by molar-refractivity contribution is 0.478. The number of nitrogens with zero attached hydrogens (tertiary/aromatic N) is 3. The summed E-state index contributed by atoms with van der Waals surface area (Å²) < 4.78 is 8.34. The van der Waals surface area contributed by atoms with Crippen molar-refractivity contribution in [2.24, 2.45) is 0 Å². The van der Waals surface area contributed by atoms with Crippen LogP contribution in [0.15, 0.2) is 94.9 Å². The number of hydrogen-bond donors (Lipinski definition) is 1. The van der Waals surface area contributed by atoms with Gasteiger partial charge < -0.3 is 9.72 Å². The molecule has 0 aliphatic rings. The van der Waals surface area contributed by atoms with Crippen molar-refractivity contribution in [3.8, 4) is 22.9 Å². The van der Waals surface area contributed by atoms with Crippen LogP contribution in [-0.2, 0) is 0 Å². The van der Waals surface area contributed by atoms with Crippen LogP contribution < -0.4 is 16.1 Å². The minimum atomic E-state index is -0.640. The van der Waals surface area contributed by atoms with Crippen molar-refractivity contribution in [1.82, 2.24) is 19.1 Å². The zero-order chi connectivity index (χ0) is 21.4. The molecule has 152 valence electrons. The van der Waals surface area contributed by atoms with Crippen LogP contribution in [0, 0.1) is 6.92 Å². The van der Waals surface area contributed by atoms with E-state index in [9.17, 15) is 9.59 Å². The molecule has 0 spiro atoms. The lowest BCUT2D eigenvalue weighted by Gasteiger charge is -2.13. The van der Waals surface area contributed by atoms with Crippen LogP contribution in [0.2, 0.25) is 0 Å². The van der Waals surface area contributed by atoms with Gasteiger partial charge in [0.2, 0.25) is 0 Å². The van der Waals surface area contributed by atoms with Gasteiger partial charge in [-0.2, -0.15) is 4.98 Å². The molecule has 31 heavy (non-hydrogen) atoms. The standard InChI is InChI=1S/C24H18N4O3/c1-16-14-17(10-11-22(16)31-18-6-3-2-4-7-18)28-23(29)26-15-27(24(28)30)21-9-5-8-20-19(21)12-13-25-20/h2-15,25H,1H3. The number of fused-ring (bicyclic) bond motifs is 1. The topological polar surface area (TPSA) is 81.9 Å². The van der Waals surface area contributed by atoms with Gasteiger partial charge in [0.15, 0.2) is 0 Å². The van der Waals surface area contributed by atoms with E-state index in [1.54, 1.807) is 24.4 Å². The average Bonchev–Trinajstić information content (AvgIpc) is 3.26. The van der Waals surface area contributed by atoms with Crippen LogP contribution in [0.3, 0.4) is 0 Å². The second-order valence-electron chi connectivity index (χ2n) is 7.10. The Morgan fingerprint density at radius 2 is 1.77 bits per heavy atom. The maximum Gasteiger partial charge on any atom is 0.357 e. The van der Waals surface area contributed by atoms with E-state index in [1.165, 1.54) is 10.9 Å². The van der Waals surface area contributed by atoms with Crippen molar-refractivity contribution < 1.29 is 4.74 Å². The zero-order valence-corrected chi connectivity index (χ0v) is 16.6. The molecule has 0 amide bonds. The van der Waals surface area contributed by atoms with Gasteiger partial charge in [0, 0.05) is 17.1 Å². The van der Waals surface area contributed by atoms with Crippen molar-refractivity contribution in [2.75, 3.05) is 0 Å². The summed E-state index contributed by atoms with van der Waals surface area (Å²) >= 11 is 0. The van der Waals surface area contributed by atoms with Crippen molar-refractivity contribution in [2.45, 2.75) is 6.92 Å². The summed E-state index contributed by atoms with van der Waals surface area (Å²) in [7, 11) is 0. The van der Waals surface area contributed by atoms with Crippen molar-refractivity contribution in [3.63, 3.8) is 0 Å². The molecule has 5 aromatic rings. The Morgan fingerprint density at radius 3 is 2.58 bits per heavy atom. The highest BCUT2D eigenvalue weighted by Crippen LogP contribution is 2.26. The van der Waals surface area contributed by atoms with Gasteiger partial charge in [0.1, 0.15) is 17.8 Å². The van der Waals surface area contributed by atoms with Crippen LogP contribution in [0.4, 0.5) is 0 Å². The normalized spacial score (nSPS) is 11.0. The number of ether oxygens (including phenoxy) is 1. The SMILES string of the molecule is Cc1cc(-n2c(=O)ncn(-c3cccc4[nH]ccc34)c2=O)ccc1Oc1ccccc1. The molecule has 3 aromatic carbocycles. The van der Waals surface area contributed by atoms with Crippen LogP contribution in [0.25, 0.3) is 22.3 Å². The van der Waals surface area contributed by atoms with Gasteiger partial charge in [-0.25, -0.2) is 14.2 Å². The molecule has 0 unspecified atom stereocenters. The van der Waals surface area contributed by atoms with Crippen LogP contribution in [0.5, 0.6) is 11.5 Å². The number of para-hydroxylation sites is 1. The molecule has 0 fully saturated rings. The third-order valence-electron chi connectivity index (χ3n) is 5.09. The molecule has 1 N–H and O–H groups in total. The van der Waals surface area contributed by atoms with Gasteiger partial charge in [-0.1, -0.05) is 24.3 Å². The highest BCUT2D eigenvalue weighted by Gasteiger charge is 2.14. The smallest absolute Gasteiger partial charge is 0.357 e. The summed E-state index contributed by atoms with van der Waals surface area (Å²) in [6.07, 6.45) is 3.07. The molecule has 0 saturated carbocycles. The fourth-order valence-electron chi connectivity index (χ4n) is 3.57. The van der Waals surface area contributed by atoms with Crippen molar-refractivity contribution >= 4 is 10.9 Å². The average molecular weight is 410 g/mol. The van der Waals surface area contributed by atoms with E-state index in [1.807, 2.05) is 61.5 Å². The fourth-order valence-corrected chi connectivity index (χ4v) is 3.57. The summed E-state index contributed by atoms with van der Waals surface area (Å²) in [5.74, 6) is 1.35. The van der Waals surface area contributed by atoms with Gasteiger partial charge >= 0.3 is 11.4 Å². The number of nitrogens with one attached hydrogen (secondary N) is 1. The predicted octanol–water partition coefficient (Wildman–Crippen LogP) is 3.97. The first-order valence-corrected chi connectivity index (χ1v) is 9.73. The number of rotatable bonds is 4.